The molecule has 0 saturated carbocycles. The number of rotatable bonds is 3. The van der Waals surface area contributed by atoms with Gasteiger partial charge in [0.1, 0.15) is 5.60 Å². The van der Waals surface area contributed by atoms with E-state index in [1.165, 1.54) is 18.0 Å². The number of hydrazine groups is 1. The van der Waals surface area contributed by atoms with E-state index in [1.807, 2.05) is 6.26 Å². The fourth-order valence-electron chi connectivity index (χ4n) is 1.05. The highest BCUT2D eigenvalue weighted by molar-refractivity contribution is 7.98. The van der Waals surface area contributed by atoms with Crippen LogP contribution in [-0.2, 0) is 4.74 Å². The van der Waals surface area contributed by atoms with Crippen molar-refractivity contribution < 1.29 is 9.53 Å². The van der Waals surface area contributed by atoms with Crippen molar-refractivity contribution in [3.8, 4) is 0 Å². The van der Waals surface area contributed by atoms with E-state index in [-0.39, 0.29) is 11.5 Å². The Bertz CT molecular complexity index is 507. The second-order valence-electron chi connectivity index (χ2n) is 4.45. The molecule has 1 aromatic heterocycles. The molecule has 8 heteroatoms. The molecule has 0 bridgehead atoms. The summed E-state index contributed by atoms with van der Waals surface area (Å²) in [4.78, 5) is 22.8. The van der Waals surface area contributed by atoms with Crippen molar-refractivity contribution in [2.75, 3.05) is 11.7 Å². The van der Waals surface area contributed by atoms with E-state index in [4.69, 9.17) is 11.3 Å². The molecule has 1 aromatic rings. The molecule has 0 aliphatic rings. The summed E-state index contributed by atoms with van der Waals surface area (Å²) >= 11 is 1.34. The average molecular weight is 281 g/mol. The van der Waals surface area contributed by atoms with Crippen molar-refractivity contribution in [1.29, 1.82) is 0 Å². The van der Waals surface area contributed by atoms with Gasteiger partial charge in [-0.1, -0.05) is 11.8 Å². The molecule has 0 aliphatic carbocycles. The van der Waals surface area contributed by atoms with E-state index < -0.39 is 11.7 Å². The molecule has 0 aromatic carbocycles. The van der Waals surface area contributed by atoms with E-state index in [0.29, 0.717) is 5.16 Å². The lowest BCUT2D eigenvalue weighted by Crippen LogP contribution is -2.36. The standard InChI is InChI=1S/C11H15N5O2S/c1-11(2,3)18-10(17)16-15-8-7(12-4)6-13-9(14-8)19-5/h6H,1-3,5H3,(H,16,17)(H,13,14,15). The number of hydrogen-bond donors (Lipinski definition) is 2. The lowest BCUT2D eigenvalue weighted by molar-refractivity contribution is 0.0541. The molecule has 0 spiro atoms. The fourth-order valence-corrected chi connectivity index (χ4v) is 1.39. The first kappa shape index (κ1) is 15.0. The Hall–Kier alpha value is -2.01. The minimum atomic E-state index is -0.646. The van der Waals surface area contributed by atoms with Crippen molar-refractivity contribution >= 4 is 29.4 Å². The Balaban J connectivity index is 2.72. The van der Waals surface area contributed by atoms with Gasteiger partial charge in [-0.05, 0) is 27.0 Å². The van der Waals surface area contributed by atoms with Crippen LogP contribution in [0.1, 0.15) is 20.8 Å². The van der Waals surface area contributed by atoms with Gasteiger partial charge in [0.2, 0.25) is 5.69 Å². The lowest BCUT2D eigenvalue weighted by atomic mass is 10.2. The number of carbonyl (C=O) groups is 1. The van der Waals surface area contributed by atoms with Gasteiger partial charge in [-0.2, -0.15) is 0 Å². The van der Waals surface area contributed by atoms with Crippen LogP contribution in [0.3, 0.4) is 0 Å². The lowest BCUT2D eigenvalue weighted by Gasteiger charge is -2.20. The number of aromatic nitrogens is 2. The van der Waals surface area contributed by atoms with Gasteiger partial charge in [0.05, 0.1) is 6.57 Å². The number of nitrogens with zero attached hydrogens (tertiary/aromatic N) is 3. The van der Waals surface area contributed by atoms with E-state index >= 15 is 0 Å². The summed E-state index contributed by atoms with van der Waals surface area (Å²) in [5.74, 6) is 0.236. The number of ether oxygens (including phenoxy) is 1. The van der Waals surface area contributed by atoms with Gasteiger partial charge in [-0.3, -0.25) is 5.43 Å². The van der Waals surface area contributed by atoms with Crippen molar-refractivity contribution in [3.05, 3.63) is 17.6 Å². The number of nitrogens with one attached hydrogen (secondary N) is 2. The second kappa shape index (κ2) is 6.24. The topological polar surface area (TPSA) is 80.5 Å². The van der Waals surface area contributed by atoms with Crippen molar-refractivity contribution in [3.63, 3.8) is 0 Å². The SMILES string of the molecule is [C-]#[N+]c1cnc(SC)nc1NNC(=O)OC(C)(C)C. The summed E-state index contributed by atoms with van der Waals surface area (Å²) in [5, 5.41) is 0.501. The molecule has 7 nitrogen and oxygen atoms in total. The van der Waals surface area contributed by atoms with Crippen LogP contribution >= 0.6 is 11.8 Å². The molecular weight excluding hydrogens is 266 g/mol. The second-order valence-corrected chi connectivity index (χ2v) is 5.23. The Morgan fingerprint density at radius 3 is 2.74 bits per heavy atom. The molecule has 0 aliphatic heterocycles. The minimum absolute atomic E-state index is 0.217. The van der Waals surface area contributed by atoms with E-state index in [0.717, 1.165) is 0 Å². The van der Waals surface area contributed by atoms with Crippen molar-refractivity contribution in [2.24, 2.45) is 0 Å². The molecule has 0 atom stereocenters. The molecule has 0 radical (unpaired) electrons. The maximum absolute atomic E-state index is 11.5. The molecule has 1 amide bonds. The van der Waals surface area contributed by atoms with Gasteiger partial charge >= 0.3 is 6.09 Å². The maximum Gasteiger partial charge on any atom is 0.426 e. The Morgan fingerprint density at radius 2 is 2.21 bits per heavy atom. The van der Waals surface area contributed by atoms with Crippen LogP contribution in [-0.4, -0.2) is 27.9 Å². The monoisotopic (exact) mass is 281 g/mol. The number of carbonyl (C=O) groups excluding carboxylic acids is 1. The first-order chi connectivity index (χ1) is 8.85. The zero-order chi connectivity index (χ0) is 14.5. The number of anilines is 1. The average Bonchev–Trinajstić information content (AvgIpc) is 2.33. The zero-order valence-electron chi connectivity index (χ0n) is 11.1. The highest BCUT2D eigenvalue weighted by Crippen LogP contribution is 2.23. The van der Waals surface area contributed by atoms with Gasteiger partial charge in [-0.15, -0.1) is 0 Å². The van der Waals surface area contributed by atoms with Crippen LogP contribution in [0.25, 0.3) is 4.85 Å². The normalized spacial score (nSPS) is 10.5. The Labute approximate surface area is 115 Å². The third kappa shape index (κ3) is 5.01. The predicted molar refractivity (Wildman–Crippen MR) is 73.1 cm³/mol. The zero-order valence-corrected chi connectivity index (χ0v) is 12.0. The van der Waals surface area contributed by atoms with Gasteiger partial charge in [0.25, 0.3) is 0 Å². The summed E-state index contributed by atoms with van der Waals surface area (Å²) in [6.07, 6.45) is 2.57. The fraction of sp³-hybridized carbons (Fsp3) is 0.455. The van der Waals surface area contributed by atoms with Crippen LogP contribution in [0.2, 0.25) is 0 Å². The summed E-state index contributed by atoms with van der Waals surface area (Å²) in [5.41, 5.74) is 4.51. The van der Waals surface area contributed by atoms with Crippen LogP contribution in [0.15, 0.2) is 11.4 Å². The van der Waals surface area contributed by atoms with Gasteiger partial charge < -0.3 is 4.74 Å². The highest BCUT2D eigenvalue weighted by atomic mass is 32.2. The van der Waals surface area contributed by atoms with Crippen LogP contribution in [0, 0.1) is 6.57 Å². The first-order valence-corrected chi connectivity index (χ1v) is 6.61. The molecule has 1 heterocycles. The van der Waals surface area contributed by atoms with Gasteiger partial charge in [0, 0.05) is 6.20 Å². The van der Waals surface area contributed by atoms with E-state index in [2.05, 4.69) is 25.7 Å². The Kier molecular flexibility index (Phi) is 4.94. The van der Waals surface area contributed by atoms with E-state index in [9.17, 15) is 4.79 Å². The largest absolute Gasteiger partial charge is 0.443 e. The molecular formula is C11H15N5O2S. The van der Waals surface area contributed by atoms with Gasteiger partial charge in [-0.25, -0.2) is 25.0 Å². The van der Waals surface area contributed by atoms with Gasteiger partial charge in [0.15, 0.2) is 11.0 Å². The van der Waals surface area contributed by atoms with Crippen LogP contribution in [0.4, 0.5) is 16.3 Å². The number of thioether (sulfide) groups is 1. The molecule has 102 valence electrons. The molecule has 0 fully saturated rings. The summed E-state index contributed by atoms with van der Waals surface area (Å²) < 4.78 is 5.05. The summed E-state index contributed by atoms with van der Waals surface area (Å²) in [7, 11) is 0. The third-order valence-corrected chi connectivity index (χ3v) is 2.29. The molecule has 2 N–H and O–H groups in total. The molecule has 1 rings (SSSR count). The van der Waals surface area contributed by atoms with Crippen molar-refractivity contribution in [2.45, 2.75) is 31.5 Å². The van der Waals surface area contributed by atoms with E-state index in [1.54, 1.807) is 20.8 Å². The molecule has 0 saturated heterocycles. The molecule has 0 unspecified atom stereocenters. The van der Waals surface area contributed by atoms with Crippen LogP contribution in [0.5, 0.6) is 0 Å². The summed E-state index contributed by atoms with van der Waals surface area (Å²) in [6.45, 7) is 12.3. The predicted octanol–water partition coefficient (Wildman–Crippen LogP) is 2.60. The number of hydrogen-bond acceptors (Lipinski definition) is 6. The quantitative estimate of drug-likeness (QED) is 0.383. The molecule has 19 heavy (non-hydrogen) atoms. The Morgan fingerprint density at radius 1 is 1.53 bits per heavy atom. The highest BCUT2D eigenvalue weighted by Gasteiger charge is 2.16. The van der Waals surface area contributed by atoms with Crippen molar-refractivity contribution in [1.82, 2.24) is 15.4 Å². The smallest absolute Gasteiger partial charge is 0.426 e. The summed E-state index contributed by atoms with van der Waals surface area (Å²) in [6, 6.07) is 0. The first-order valence-electron chi connectivity index (χ1n) is 5.39. The third-order valence-electron chi connectivity index (χ3n) is 1.73. The maximum atomic E-state index is 11.5. The van der Waals surface area contributed by atoms with Crippen LogP contribution < -0.4 is 10.9 Å². The minimum Gasteiger partial charge on any atom is -0.443 e. The number of amides is 1.